The molecule has 1 aromatic rings. The Bertz CT molecular complexity index is 235. The fraction of sp³-hybridized carbons (Fsp3) is 0.556. The molecule has 4 nitrogen and oxygen atoms in total. The van der Waals surface area contributed by atoms with Crippen molar-refractivity contribution in [2.75, 3.05) is 20.8 Å². The predicted octanol–water partition coefficient (Wildman–Crippen LogP) is 0.385. The van der Waals surface area contributed by atoms with Crippen molar-refractivity contribution in [1.29, 1.82) is 0 Å². The van der Waals surface area contributed by atoms with E-state index in [0.29, 0.717) is 6.61 Å². The summed E-state index contributed by atoms with van der Waals surface area (Å²) in [6.45, 7) is 1.48. The molecular formula is C9H15N3O. The minimum atomic E-state index is 0.672. The molecular weight excluding hydrogens is 166 g/mol. The molecule has 4 heteroatoms. The van der Waals surface area contributed by atoms with Crippen molar-refractivity contribution in [3.63, 3.8) is 0 Å². The summed E-state index contributed by atoms with van der Waals surface area (Å²) in [5, 5.41) is 3.04. The van der Waals surface area contributed by atoms with Gasteiger partial charge in [-0.1, -0.05) is 0 Å². The van der Waals surface area contributed by atoms with E-state index in [2.05, 4.69) is 15.3 Å². The molecule has 0 aliphatic carbocycles. The highest BCUT2D eigenvalue weighted by molar-refractivity contribution is 5.04. The molecule has 1 heterocycles. The van der Waals surface area contributed by atoms with Gasteiger partial charge in [0, 0.05) is 38.0 Å². The molecule has 0 atom stereocenters. The summed E-state index contributed by atoms with van der Waals surface area (Å²) in [4.78, 5) is 8.41. The zero-order valence-electron chi connectivity index (χ0n) is 8.08. The minimum Gasteiger partial charge on any atom is -0.384 e. The summed E-state index contributed by atoms with van der Waals surface area (Å²) >= 11 is 0. The summed E-state index contributed by atoms with van der Waals surface area (Å²) < 4.78 is 4.93. The number of methoxy groups -OCH3 is 1. The molecule has 1 rings (SSSR count). The van der Waals surface area contributed by atoms with Crippen LogP contribution in [0.15, 0.2) is 12.4 Å². The molecule has 0 unspecified atom stereocenters. The Labute approximate surface area is 78.4 Å². The van der Waals surface area contributed by atoms with E-state index in [0.717, 1.165) is 24.4 Å². The normalized spacial score (nSPS) is 10.3. The molecule has 0 radical (unpaired) electrons. The van der Waals surface area contributed by atoms with Crippen molar-refractivity contribution < 1.29 is 4.74 Å². The molecule has 72 valence electrons. The van der Waals surface area contributed by atoms with Gasteiger partial charge in [0.05, 0.1) is 6.61 Å². The maximum absolute atomic E-state index is 4.93. The van der Waals surface area contributed by atoms with Crippen molar-refractivity contribution in [3.05, 3.63) is 23.8 Å². The second-order valence-electron chi connectivity index (χ2n) is 2.78. The number of nitrogens with one attached hydrogen (secondary N) is 1. The van der Waals surface area contributed by atoms with E-state index in [-0.39, 0.29) is 0 Å². The predicted molar refractivity (Wildman–Crippen MR) is 50.4 cm³/mol. The lowest BCUT2D eigenvalue weighted by molar-refractivity contribution is 0.200. The van der Waals surface area contributed by atoms with Crippen molar-refractivity contribution in [3.8, 4) is 0 Å². The first-order valence-corrected chi connectivity index (χ1v) is 4.30. The Hall–Kier alpha value is -1.00. The van der Waals surface area contributed by atoms with Crippen LogP contribution in [0, 0.1) is 0 Å². The number of nitrogens with zero attached hydrogens (tertiary/aromatic N) is 2. The molecule has 0 aliphatic rings. The number of hydrogen-bond donors (Lipinski definition) is 1. The van der Waals surface area contributed by atoms with E-state index in [1.165, 1.54) is 0 Å². The van der Waals surface area contributed by atoms with Gasteiger partial charge in [-0.05, 0) is 7.05 Å². The van der Waals surface area contributed by atoms with Crippen LogP contribution in [-0.2, 0) is 17.7 Å². The Morgan fingerprint density at radius 3 is 2.62 bits per heavy atom. The minimum absolute atomic E-state index is 0.672. The topological polar surface area (TPSA) is 47.0 Å². The lowest BCUT2D eigenvalue weighted by Crippen LogP contribution is -2.07. The molecule has 1 N–H and O–H groups in total. The van der Waals surface area contributed by atoms with Gasteiger partial charge in [0.2, 0.25) is 0 Å². The monoisotopic (exact) mass is 181 g/mol. The van der Waals surface area contributed by atoms with Gasteiger partial charge in [0.25, 0.3) is 0 Å². The van der Waals surface area contributed by atoms with Crippen LogP contribution in [-0.4, -0.2) is 30.7 Å². The summed E-state index contributed by atoms with van der Waals surface area (Å²) in [7, 11) is 3.58. The third-order valence-electron chi connectivity index (χ3n) is 1.67. The van der Waals surface area contributed by atoms with Crippen LogP contribution in [0.1, 0.15) is 11.4 Å². The Morgan fingerprint density at radius 2 is 2.08 bits per heavy atom. The number of ether oxygens (including phenoxy) is 1. The molecule has 0 saturated heterocycles. The smallest absolute Gasteiger partial charge is 0.130 e. The number of hydrogen-bond acceptors (Lipinski definition) is 4. The Kier molecular flexibility index (Phi) is 4.35. The zero-order chi connectivity index (χ0) is 9.52. The van der Waals surface area contributed by atoms with Gasteiger partial charge in [-0.15, -0.1) is 0 Å². The van der Waals surface area contributed by atoms with Crippen LogP contribution < -0.4 is 5.32 Å². The molecule has 0 fully saturated rings. The summed E-state index contributed by atoms with van der Waals surface area (Å²) in [5.41, 5.74) is 1.10. The molecule has 0 spiro atoms. The SMILES string of the molecule is CNCc1cnc(CCOC)nc1. The highest BCUT2D eigenvalue weighted by Gasteiger charge is 1.96. The van der Waals surface area contributed by atoms with Crippen LogP contribution in [0.2, 0.25) is 0 Å². The van der Waals surface area contributed by atoms with Crippen LogP contribution in [0.5, 0.6) is 0 Å². The molecule has 0 aromatic carbocycles. The van der Waals surface area contributed by atoms with Crippen molar-refractivity contribution in [2.45, 2.75) is 13.0 Å². The second kappa shape index (κ2) is 5.61. The average Bonchev–Trinajstić information content (AvgIpc) is 2.17. The van der Waals surface area contributed by atoms with Gasteiger partial charge in [-0.2, -0.15) is 0 Å². The zero-order valence-corrected chi connectivity index (χ0v) is 8.08. The first-order chi connectivity index (χ1) is 6.36. The first-order valence-electron chi connectivity index (χ1n) is 4.30. The molecule has 0 aliphatic heterocycles. The fourth-order valence-electron chi connectivity index (χ4n) is 0.999. The van der Waals surface area contributed by atoms with E-state index < -0.39 is 0 Å². The standard InChI is InChI=1S/C9H15N3O/c1-10-5-8-6-11-9(12-7-8)3-4-13-2/h6-7,10H,3-5H2,1-2H3. The van der Waals surface area contributed by atoms with Crippen LogP contribution >= 0.6 is 0 Å². The van der Waals surface area contributed by atoms with E-state index in [1.54, 1.807) is 7.11 Å². The summed E-state index contributed by atoms with van der Waals surface area (Å²) in [5.74, 6) is 0.835. The van der Waals surface area contributed by atoms with Crippen LogP contribution in [0.3, 0.4) is 0 Å². The van der Waals surface area contributed by atoms with Crippen molar-refractivity contribution >= 4 is 0 Å². The third kappa shape index (κ3) is 3.48. The van der Waals surface area contributed by atoms with Crippen LogP contribution in [0.4, 0.5) is 0 Å². The van der Waals surface area contributed by atoms with Gasteiger partial charge in [0.1, 0.15) is 5.82 Å². The quantitative estimate of drug-likeness (QED) is 0.713. The van der Waals surface area contributed by atoms with Gasteiger partial charge >= 0.3 is 0 Å². The van der Waals surface area contributed by atoms with Gasteiger partial charge < -0.3 is 10.1 Å². The molecule has 13 heavy (non-hydrogen) atoms. The van der Waals surface area contributed by atoms with E-state index in [9.17, 15) is 0 Å². The highest BCUT2D eigenvalue weighted by atomic mass is 16.5. The third-order valence-corrected chi connectivity index (χ3v) is 1.67. The van der Waals surface area contributed by atoms with Crippen LogP contribution in [0.25, 0.3) is 0 Å². The van der Waals surface area contributed by atoms with E-state index in [4.69, 9.17) is 4.74 Å². The maximum Gasteiger partial charge on any atom is 0.130 e. The largest absolute Gasteiger partial charge is 0.384 e. The number of aromatic nitrogens is 2. The van der Waals surface area contributed by atoms with Gasteiger partial charge in [-0.25, -0.2) is 9.97 Å². The van der Waals surface area contributed by atoms with Crippen molar-refractivity contribution in [1.82, 2.24) is 15.3 Å². The Balaban J connectivity index is 2.48. The second-order valence-corrected chi connectivity index (χ2v) is 2.78. The lowest BCUT2D eigenvalue weighted by atomic mass is 10.3. The maximum atomic E-state index is 4.93. The summed E-state index contributed by atoms with van der Waals surface area (Å²) in [6.07, 6.45) is 4.46. The highest BCUT2D eigenvalue weighted by Crippen LogP contribution is 1.96. The molecule has 1 aromatic heterocycles. The van der Waals surface area contributed by atoms with Gasteiger partial charge in [0.15, 0.2) is 0 Å². The van der Waals surface area contributed by atoms with Gasteiger partial charge in [-0.3, -0.25) is 0 Å². The molecule has 0 saturated carbocycles. The molecule has 0 amide bonds. The van der Waals surface area contributed by atoms with Crippen molar-refractivity contribution in [2.24, 2.45) is 0 Å². The average molecular weight is 181 g/mol. The first kappa shape index (κ1) is 10.1. The molecule has 0 bridgehead atoms. The van der Waals surface area contributed by atoms with E-state index >= 15 is 0 Å². The number of rotatable bonds is 5. The summed E-state index contributed by atoms with van der Waals surface area (Å²) in [6, 6.07) is 0. The lowest BCUT2D eigenvalue weighted by Gasteiger charge is -2.01. The van der Waals surface area contributed by atoms with E-state index in [1.807, 2.05) is 19.4 Å². The fourth-order valence-corrected chi connectivity index (χ4v) is 0.999. The Morgan fingerprint density at radius 1 is 1.38 bits per heavy atom.